The van der Waals surface area contributed by atoms with Gasteiger partial charge >= 0.3 is 5.97 Å². The number of carbonyl (C=O) groups is 1. The lowest BCUT2D eigenvalue weighted by molar-refractivity contribution is 0.0558. The molecule has 0 spiro atoms. The summed E-state index contributed by atoms with van der Waals surface area (Å²) in [5.74, 6) is -0.885. The molecule has 134 valence electrons. The Labute approximate surface area is 150 Å². The SMILES string of the molecule is COC(=O)c1ccc(S(=O)(=O)N2CCNCC2c2cccc(Cl)c2)o1. The number of sulfonamides is 1. The van der Waals surface area contributed by atoms with Crippen LogP contribution in [0.1, 0.15) is 22.2 Å². The van der Waals surface area contributed by atoms with Crippen molar-refractivity contribution in [1.82, 2.24) is 9.62 Å². The highest BCUT2D eigenvalue weighted by atomic mass is 35.5. The van der Waals surface area contributed by atoms with Crippen LogP contribution in [0.15, 0.2) is 45.9 Å². The fourth-order valence-corrected chi connectivity index (χ4v) is 4.48. The molecule has 1 atom stereocenters. The quantitative estimate of drug-likeness (QED) is 0.811. The van der Waals surface area contributed by atoms with Crippen molar-refractivity contribution in [3.8, 4) is 0 Å². The van der Waals surface area contributed by atoms with Crippen molar-refractivity contribution in [2.24, 2.45) is 0 Å². The van der Waals surface area contributed by atoms with Gasteiger partial charge in [0, 0.05) is 24.7 Å². The number of furan rings is 1. The topological polar surface area (TPSA) is 88.9 Å². The molecule has 1 N–H and O–H groups in total. The zero-order chi connectivity index (χ0) is 18.0. The zero-order valence-corrected chi connectivity index (χ0v) is 15.0. The highest BCUT2D eigenvalue weighted by Crippen LogP contribution is 2.30. The summed E-state index contributed by atoms with van der Waals surface area (Å²) < 4.78 is 37.1. The van der Waals surface area contributed by atoms with Crippen molar-refractivity contribution in [2.75, 3.05) is 26.7 Å². The Morgan fingerprint density at radius 1 is 1.36 bits per heavy atom. The standard InChI is InChI=1S/C16H17ClN2O5S/c1-23-16(20)14-5-6-15(24-14)25(21,22)19-8-7-18-10-13(19)11-3-2-4-12(17)9-11/h2-6,9,13,18H,7-8,10H2,1H3. The molecule has 1 aliphatic heterocycles. The second-order valence-corrected chi connectivity index (χ2v) is 7.76. The van der Waals surface area contributed by atoms with Crippen molar-refractivity contribution in [3.05, 3.63) is 52.7 Å². The molecule has 0 bridgehead atoms. The fourth-order valence-electron chi connectivity index (χ4n) is 2.76. The predicted molar refractivity (Wildman–Crippen MR) is 91.0 cm³/mol. The van der Waals surface area contributed by atoms with E-state index >= 15 is 0 Å². The number of rotatable bonds is 4. The van der Waals surface area contributed by atoms with Crippen LogP contribution < -0.4 is 5.32 Å². The van der Waals surface area contributed by atoms with Crippen LogP contribution in [0, 0.1) is 0 Å². The van der Waals surface area contributed by atoms with Gasteiger partial charge in [0.15, 0.2) is 0 Å². The van der Waals surface area contributed by atoms with E-state index in [2.05, 4.69) is 10.1 Å². The smallest absolute Gasteiger partial charge is 0.374 e. The average molecular weight is 385 g/mol. The van der Waals surface area contributed by atoms with Gasteiger partial charge in [0.1, 0.15) is 0 Å². The first kappa shape index (κ1) is 17.9. The lowest BCUT2D eigenvalue weighted by atomic mass is 10.1. The van der Waals surface area contributed by atoms with Crippen LogP contribution in [0.5, 0.6) is 0 Å². The zero-order valence-electron chi connectivity index (χ0n) is 13.4. The van der Waals surface area contributed by atoms with Crippen LogP contribution in [0.4, 0.5) is 0 Å². The van der Waals surface area contributed by atoms with E-state index in [4.69, 9.17) is 16.0 Å². The van der Waals surface area contributed by atoms with E-state index in [1.54, 1.807) is 18.2 Å². The summed E-state index contributed by atoms with van der Waals surface area (Å²) in [4.78, 5) is 11.5. The Morgan fingerprint density at radius 2 is 2.16 bits per heavy atom. The molecule has 1 aromatic carbocycles. The van der Waals surface area contributed by atoms with Crippen LogP contribution in [0.25, 0.3) is 0 Å². The molecule has 1 fully saturated rings. The number of esters is 1. The first-order chi connectivity index (χ1) is 11.9. The molecular weight excluding hydrogens is 368 g/mol. The van der Waals surface area contributed by atoms with Crippen molar-refractivity contribution in [3.63, 3.8) is 0 Å². The Bertz CT molecular complexity index is 880. The number of hydrogen-bond donors (Lipinski definition) is 1. The van der Waals surface area contributed by atoms with Crippen LogP contribution >= 0.6 is 11.6 Å². The number of piperazine rings is 1. The summed E-state index contributed by atoms with van der Waals surface area (Å²) in [6.45, 7) is 1.23. The number of methoxy groups -OCH3 is 1. The summed E-state index contributed by atoms with van der Waals surface area (Å²) in [6.07, 6.45) is 0. The molecular formula is C16H17ClN2O5S. The lowest BCUT2D eigenvalue weighted by Gasteiger charge is -2.34. The number of carbonyl (C=O) groups excluding carboxylic acids is 1. The van der Waals surface area contributed by atoms with Gasteiger partial charge in [-0.05, 0) is 29.8 Å². The summed E-state index contributed by atoms with van der Waals surface area (Å²) in [6, 6.07) is 9.20. The maximum atomic E-state index is 13.0. The third-order valence-electron chi connectivity index (χ3n) is 3.96. The Kier molecular flexibility index (Phi) is 5.14. The molecule has 1 aliphatic rings. The van der Waals surface area contributed by atoms with E-state index in [9.17, 15) is 13.2 Å². The number of nitrogens with one attached hydrogen (secondary N) is 1. The number of hydrogen-bond acceptors (Lipinski definition) is 6. The molecule has 2 heterocycles. The number of benzene rings is 1. The highest BCUT2D eigenvalue weighted by Gasteiger charge is 2.36. The van der Waals surface area contributed by atoms with Gasteiger partial charge in [-0.25, -0.2) is 13.2 Å². The van der Waals surface area contributed by atoms with E-state index in [-0.39, 0.29) is 17.4 Å². The molecule has 2 aromatic rings. The van der Waals surface area contributed by atoms with Crippen molar-refractivity contribution >= 4 is 27.6 Å². The van der Waals surface area contributed by atoms with Crippen molar-refractivity contribution in [2.45, 2.75) is 11.1 Å². The van der Waals surface area contributed by atoms with E-state index in [0.29, 0.717) is 18.1 Å². The molecule has 0 saturated carbocycles. The number of ether oxygens (including phenoxy) is 1. The van der Waals surface area contributed by atoms with Gasteiger partial charge in [0.05, 0.1) is 13.2 Å². The lowest BCUT2D eigenvalue weighted by Crippen LogP contribution is -2.48. The monoisotopic (exact) mass is 384 g/mol. The van der Waals surface area contributed by atoms with Gasteiger partial charge in [-0.3, -0.25) is 0 Å². The Balaban J connectivity index is 1.96. The molecule has 1 aromatic heterocycles. The molecule has 0 radical (unpaired) electrons. The van der Waals surface area contributed by atoms with Gasteiger partial charge in [-0.2, -0.15) is 4.31 Å². The number of nitrogens with zero attached hydrogens (tertiary/aromatic N) is 1. The molecule has 7 nitrogen and oxygen atoms in total. The maximum absolute atomic E-state index is 13.0. The fraction of sp³-hybridized carbons (Fsp3) is 0.312. The van der Waals surface area contributed by atoms with Crippen LogP contribution in [0.2, 0.25) is 5.02 Å². The largest absolute Gasteiger partial charge is 0.463 e. The summed E-state index contributed by atoms with van der Waals surface area (Å²) in [7, 11) is -2.72. The van der Waals surface area contributed by atoms with Crippen LogP contribution in [0.3, 0.4) is 0 Å². The maximum Gasteiger partial charge on any atom is 0.374 e. The summed E-state index contributed by atoms with van der Waals surface area (Å²) in [5.41, 5.74) is 0.781. The Morgan fingerprint density at radius 3 is 2.88 bits per heavy atom. The van der Waals surface area contributed by atoms with Gasteiger partial charge in [-0.1, -0.05) is 23.7 Å². The normalized spacial score (nSPS) is 18.9. The second kappa shape index (κ2) is 7.17. The van der Waals surface area contributed by atoms with E-state index in [1.807, 2.05) is 6.07 Å². The molecule has 0 aliphatic carbocycles. The number of halogens is 1. The minimum absolute atomic E-state index is 0.157. The van der Waals surface area contributed by atoms with Crippen LogP contribution in [-0.4, -0.2) is 45.4 Å². The molecule has 0 amide bonds. The predicted octanol–water partition coefficient (Wildman–Crippen LogP) is 2.05. The van der Waals surface area contributed by atoms with E-state index in [1.165, 1.54) is 23.5 Å². The van der Waals surface area contributed by atoms with Gasteiger partial charge in [-0.15, -0.1) is 0 Å². The molecule has 3 rings (SSSR count). The van der Waals surface area contributed by atoms with E-state index < -0.39 is 22.0 Å². The Hall–Kier alpha value is -1.87. The van der Waals surface area contributed by atoms with Gasteiger partial charge in [0.2, 0.25) is 10.9 Å². The molecule has 25 heavy (non-hydrogen) atoms. The summed E-state index contributed by atoms with van der Waals surface area (Å²) >= 11 is 6.04. The van der Waals surface area contributed by atoms with Gasteiger partial charge < -0.3 is 14.5 Å². The first-order valence-electron chi connectivity index (χ1n) is 7.59. The van der Waals surface area contributed by atoms with Gasteiger partial charge in [0.25, 0.3) is 10.0 Å². The third kappa shape index (κ3) is 3.57. The average Bonchev–Trinajstić information content (AvgIpc) is 3.12. The minimum atomic E-state index is -3.92. The third-order valence-corrected chi connectivity index (χ3v) is 5.98. The molecule has 1 saturated heterocycles. The molecule has 1 unspecified atom stereocenters. The van der Waals surface area contributed by atoms with E-state index in [0.717, 1.165) is 5.56 Å². The van der Waals surface area contributed by atoms with Crippen LogP contribution in [-0.2, 0) is 14.8 Å². The van der Waals surface area contributed by atoms with Crippen molar-refractivity contribution < 1.29 is 22.4 Å². The highest BCUT2D eigenvalue weighted by molar-refractivity contribution is 7.89. The molecule has 9 heteroatoms. The first-order valence-corrected chi connectivity index (χ1v) is 9.41. The summed E-state index contributed by atoms with van der Waals surface area (Å²) in [5, 5.41) is 3.43. The second-order valence-electron chi connectivity index (χ2n) is 5.50. The minimum Gasteiger partial charge on any atom is -0.463 e. The van der Waals surface area contributed by atoms with Crippen molar-refractivity contribution in [1.29, 1.82) is 0 Å².